The van der Waals surface area contributed by atoms with Crippen LogP contribution in [0, 0.1) is 0 Å². The van der Waals surface area contributed by atoms with E-state index in [1.807, 2.05) is 0 Å². The number of nitrogens with zero attached hydrogens (tertiary/aromatic N) is 2. The van der Waals surface area contributed by atoms with Gasteiger partial charge in [-0.05, 0) is 18.9 Å². The molecular weight excluding hydrogens is 168 g/mol. The molecule has 13 heavy (non-hydrogen) atoms. The van der Waals surface area contributed by atoms with Gasteiger partial charge in [0.25, 0.3) is 5.56 Å². The molecule has 1 aliphatic carbocycles. The minimum atomic E-state index is -0.140. The Hall–Kier alpha value is -1.16. The molecule has 0 aromatic carbocycles. The molecule has 1 N–H and O–H groups in total. The first kappa shape index (κ1) is 8.44. The lowest BCUT2D eigenvalue weighted by molar-refractivity contribution is 0.265. The molecule has 70 valence electrons. The Morgan fingerprint density at radius 2 is 2.31 bits per heavy atom. The summed E-state index contributed by atoms with van der Waals surface area (Å²) in [5.74, 6) is 0.547. The van der Waals surface area contributed by atoms with Gasteiger partial charge in [-0.3, -0.25) is 4.79 Å². The van der Waals surface area contributed by atoms with Gasteiger partial charge in [0.1, 0.15) is 0 Å². The van der Waals surface area contributed by atoms with Crippen LogP contribution in [0.5, 0.6) is 0 Å². The average Bonchev–Trinajstić information content (AvgIpc) is 2.92. The molecule has 4 heteroatoms. The van der Waals surface area contributed by atoms with Crippen molar-refractivity contribution in [2.45, 2.75) is 25.3 Å². The zero-order valence-corrected chi connectivity index (χ0v) is 7.31. The number of hydrogen-bond donors (Lipinski definition) is 1. The summed E-state index contributed by atoms with van der Waals surface area (Å²) in [7, 11) is 0. The van der Waals surface area contributed by atoms with E-state index in [2.05, 4.69) is 5.10 Å². The number of rotatable bonds is 3. The summed E-state index contributed by atoms with van der Waals surface area (Å²) >= 11 is 0. The van der Waals surface area contributed by atoms with Gasteiger partial charge in [-0.25, -0.2) is 4.68 Å². The first-order valence-corrected chi connectivity index (χ1v) is 4.50. The Kier molecular flexibility index (Phi) is 2.14. The van der Waals surface area contributed by atoms with Gasteiger partial charge in [0.05, 0.1) is 18.8 Å². The molecule has 0 atom stereocenters. The number of aliphatic hydroxyl groups is 1. The number of hydrogen-bond acceptors (Lipinski definition) is 3. The quantitative estimate of drug-likeness (QED) is 0.718. The van der Waals surface area contributed by atoms with E-state index in [9.17, 15) is 4.79 Å². The van der Waals surface area contributed by atoms with Crippen molar-refractivity contribution in [1.29, 1.82) is 0 Å². The Balaban J connectivity index is 2.30. The SMILES string of the molecule is O=c1ccc(C2CC2)nn1CCO. The molecular formula is C9H12N2O2. The van der Waals surface area contributed by atoms with Crippen LogP contribution >= 0.6 is 0 Å². The summed E-state index contributed by atoms with van der Waals surface area (Å²) in [6.07, 6.45) is 2.34. The van der Waals surface area contributed by atoms with Crippen molar-refractivity contribution in [3.05, 3.63) is 28.2 Å². The van der Waals surface area contributed by atoms with Crippen LogP contribution in [0.1, 0.15) is 24.5 Å². The molecule has 0 aliphatic heterocycles. The Morgan fingerprint density at radius 1 is 1.54 bits per heavy atom. The van der Waals surface area contributed by atoms with Crippen molar-refractivity contribution in [2.75, 3.05) is 6.61 Å². The first-order valence-electron chi connectivity index (χ1n) is 4.50. The lowest BCUT2D eigenvalue weighted by Crippen LogP contribution is -2.24. The minimum Gasteiger partial charge on any atom is -0.394 e. The molecule has 2 rings (SSSR count). The normalized spacial score (nSPS) is 16.1. The van der Waals surface area contributed by atoms with Gasteiger partial charge in [-0.15, -0.1) is 0 Å². The van der Waals surface area contributed by atoms with Gasteiger partial charge >= 0.3 is 0 Å². The third-order valence-electron chi connectivity index (χ3n) is 2.19. The van der Waals surface area contributed by atoms with Crippen LogP contribution < -0.4 is 5.56 Å². The topological polar surface area (TPSA) is 55.1 Å². The van der Waals surface area contributed by atoms with E-state index in [4.69, 9.17) is 5.11 Å². The first-order chi connectivity index (χ1) is 6.31. The molecule has 1 aliphatic rings. The number of aromatic nitrogens is 2. The Morgan fingerprint density at radius 3 is 2.92 bits per heavy atom. The molecule has 1 saturated carbocycles. The van der Waals surface area contributed by atoms with Crippen LogP contribution in [-0.2, 0) is 6.54 Å². The van der Waals surface area contributed by atoms with Crippen LogP contribution in [0.25, 0.3) is 0 Å². The summed E-state index contributed by atoms with van der Waals surface area (Å²) in [5.41, 5.74) is 0.839. The van der Waals surface area contributed by atoms with Crippen molar-refractivity contribution >= 4 is 0 Å². The second-order valence-corrected chi connectivity index (χ2v) is 3.32. The van der Waals surface area contributed by atoms with Gasteiger partial charge in [-0.2, -0.15) is 5.10 Å². The van der Waals surface area contributed by atoms with E-state index in [1.54, 1.807) is 6.07 Å². The predicted molar refractivity (Wildman–Crippen MR) is 47.6 cm³/mol. The van der Waals surface area contributed by atoms with Gasteiger partial charge in [0, 0.05) is 12.0 Å². The molecule has 0 spiro atoms. The summed E-state index contributed by atoms with van der Waals surface area (Å²) in [6, 6.07) is 3.31. The molecule has 1 aromatic heterocycles. The minimum absolute atomic E-state index is 0.0406. The van der Waals surface area contributed by atoms with E-state index in [-0.39, 0.29) is 12.2 Å². The second-order valence-electron chi connectivity index (χ2n) is 3.32. The average molecular weight is 180 g/mol. The van der Waals surface area contributed by atoms with Gasteiger partial charge in [0.15, 0.2) is 0 Å². The van der Waals surface area contributed by atoms with Crippen LogP contribution in [-0.4, -0.2) is 21.5 Å². The smallest absolute Gasteiger partial charge is 0.266 e. The largest absolute Gasteiger partial charge is 0.394 e. The van der Waals surface area contributed by atoms with Crippen molar-refractivity contribution in [1.82, 2.24) is 9.78 Å². The van der Waals surface area contributed by atoms with E-state index < -0.39 is 0 Å². The summed E-state index contributed by atoms with van der Waals surface area (Å²) in [5, 5.41) is 12.9. The van der Waals surface area contributed by atoms with E-state index in [0.29, 0.717) is 12.5 Å². The molecule has 4 nitrogen and oxygen atoms in total. The highest BCUT2D eigenvalue weighted by Crippen LogP contribution is 2.38. The fraction of sp³-hybridized carbons (Fsp3) is 0.556. The highest BCUT2D eigenvalue weighted by Gasteiger charge is 2.25. The van der Waals surface area contributed by atoms with Gasteiger partial charge < -0.3 is 5.11 Å². The van der Waals surface area contributed by atoms with E-state index in [0.717, 1.165) is 5.69 Å². The molecule has 0 unspecified atom stereocenters. The maximum absolute atomic E-state index is 11.2. The highest BCUT2D eigenvalue weighted by molar-refractivity contribution is 5.12. The van der Waals surface area contributed by atoms with E-state index >= 15 is 0 Å². The van der Waals surface area contributed by atoms with Crippen molar-refractivity contribution < 1.29 is 5.11 Å². The van der Waals surface area contributed by atoms with Crippen molar-refractivity contribution in [2.24, 2.45) is 0 Å². The van der Waals surface area contributed by atoms with Crippen LogP contribution in [0.4, 0.5) is 0 Å². The monoisotopic (exact) mass is 180 g/mol. The number of aliphatic hydroxyl groups excluding tert-OH is 1. The Labute approximate surface area is 75.8 Å². The van der Waals surface area contributed by atoms with Gasteiger partial charge in [-0.1, -0.05) is 0 Å². The molecule has 1 fully saturated rings. The van der Waals surface area contributed by atoms with Crippen LogP contribution in [0.3, 0.4) is 0 Å². The molecule has 1 heterocycles. The Bertz CT molecular complexity index is 355. The second kappa shape index (κ2) is 3.30. The summed E-state index contributed by atoms with van der Waals surface area (Å²) in [4.78, 5) is 11.2. The predicted octanol–water partition coefficient (Wildman–Crippen LogP) is 0.113. The molecule has 0 bridgehead atoms. The van der Waals surface area contributed by atoms with Gasteiger partial charge in [0.2, 0.25) is 0 Å². The fourth-order valence-corrected chi connectivity index (χ4v) is 1.32. The van der Waals surface area contributed by atoms with Crippen molar-refractivity contribution in [3.8, 4) is 0 Å². The summed E-state index contributed by atoms with van der Waals surface area (Å²) in [6.45, 7) is 0.250. The molecule has 0 amide bonds. The van der Waals surface area contributed by atoms with Crippen molar-refractivity contribution in [3.63, 3.8) is 0 Å². The maximum atomic E-state index is 11.2. The van der Waals surface area contributed by atoms with Crippen LogP contribution in [0.15, 0.2) is 16.9 Å². The van der Waals surface area contributed by atoms with Crippen LogP contribution in [0.2, 0.25) is 0 Å². The molecule has 0 saturated heterocycles. The zero-order chi connectivity index (χ0) is 9.26. The third-order valence-corrected chi connectivity index (χ3v) is 2.19. The lowest BCUT2D eigenvalue weighted by Gasteiger charge is -2.03. The highest BCUT2D eigenvalue weighted by atomic mass is 16.3. The standard InChI is InChI=1S/C9H12N2O2/c12-6-5-11-9(13)4-3-8(10-11)7-1-2-7/h3-4,7,12H,1-2,5-6H2. The fourth-order valence-electron chi connectivity index (χ4n) is 1.32. The molecule has 1 aromatic rings. The lowest BCUT2D eigenvalue weighted by atomic mass is 10.3. The van der Waals surface area contributed by atoms with E-state index in [1.165, 1.54) is 23.6 Å². The molecule has 0 radical (unpaired) electrons. The maximum Gasteiger partial charge on any atom is 0.266 e. The zero-order valence-electron chi connectivity index (χ0n) is 7.31. The summed E-state index contributed by atoms with van der Waals surface area (Å²) < 4.78 is 1.33. The third kappa shape index (κ3) is 1.78.